The van der Waals surface area contributed by atoms with Gasteiger partial charge in [0.1, 0.15) is 17.1 Å². The predicted octanol–water partition coefficient (Wildman–Crippen LogP) is 2.72. The molecule has 0 aliphatic heterocycles. The summed E-state index contributed by atoms with van der Waals surface area (Å²) in [5, 5.41) is 9.80. The summed E-state index contributed by atoms with van der Waals surface area (Å²) in [6.07, 6.45) is 4.08. The molecule has 0 bridgehead atoms. The third-order valence-corrected chi connectivity index (χ3v) is 3.65. The van der Waals surface area contributed by atoms with Gasteiger partial charge in [-0.05, 0) is 43.2 Å². The largest absolute Gasteiger partial charge is 0.506 e. The Morgan fingerprint density at radius 2 is 2.10 bits per heavy atom. The maximum Gasteiger partial charge on any atom is 0.160 e. The molecule has 20 heavy (non-hydrogen) atoms. The van der Waals surface area contributed by atoms with Crippen molar-refractivity contribution in [3.8, 4) is 17.1 Å². The van der Waals surface area contributed by atoms with Crippen LogP contribution in [0.5, 0.6) is 5.75 Å². The lowest BCUT2D eigenvalue weighted by atomic mass is 10.2. The van der Waals surface area contributed by atoms with Crippen molar-refractivity contribution in [1.82, 2.24) is 14.5 Å². The molecule has 1 fully saturated rings. The van der Waals surface area contributed by atoms with E-state index >= 15 is 0 Å². The Bertz CT molecular complexity index is 805. The molecule has 3 aromatic rings. The number of imidazole rings is 1. The van der Waals surface area contributed by atoms with Crippen LogP contribution in [0.3, 0.4) is 0 Å². The van der Waals surface area contributed by atoms with E-state index in [4.69, 9.17) is 5.73 Å². The zero-order valence-corrected chi connectivity index (χ0v) is 10.8. The molecular weight excluding hydrogens is 252 g/mol. The van der Waals surface area contributed by atoms with Crippen molar-refractivity contribution < 1.29 is 5.11 Å². The topological polar surface area (TPSA) is 77.0 Å². The number of aromatic hydroxyl groups is 1. The molecule has 0 atom stereocenters. The summed E-state index contributed by atoms with van der Waals surface area (Å²) < 4.78 is 2.17. The second-order valence-electron chi connectivity index (χ2n) is 5.16. The van der Waals surface area contributed by atoms with Crippen LogP contribution in [0.25, 0.3) is 22.6 Å². The van der Waals surface area contributed by atoms with Crippen molar-refractivity contribution in [2.45, 2.75) is 18.9 Å². The van der Waals surface area contributed by atoms with E-state index in [2.05, 4.69) is 14.5 Å². The lowest BCUT2D eigenvalue weighted by Gasteiger charge is -2.08. The first-order valence-corrected chi connectivity index (χ1v) is 6.66. The van der Waals surface area contributed by atoms with Crippen LogP contribution in [0.4, 0.5) is 5.69 Å². The molecule has 1 aliphatic rings. The van der Waals surface area contributed by atoms with Crippen molar-refractivity contribution in [3.63, 3.8) is 0 Å². The van der Waals surface area contributed by atoms with Crippen LogP contribution in [0, 0.1) is 0 Å². The number of rotatable bonds is 2. The first kappa shape index (κ1) is 11.3. The van der Waals surface area contributed by atoms with Crippen molar-refractivity contribution in [1.29, 1.82) is 0 Å². The highest BCUT2D eigenvalue weighted by Gasteiger charge is 2.29. The number of aromatic nitrogens is 3. The van der Waals surface area contributed by atoms with Crippen molar-refractivity contribution in [3.05, 3.63) is 36.5 Å². The molecule has 0 unspecified atom stereocenters. The SMILES string of the molecule is Nc1ccc(-c2nc3cccnc3n2C2CC2)cc1O. The van der Waals surface area contributed by atoms with E-state index in [9.17, 15) is 5.11 Å². The highest BCUT2D eigenvalue weighted by molar-refractivity contribution is 5.78. The quantitative estimate of drug-likeness (QED) is 0.552. The molecule has 5 nitrogen and oxygen atoms in total. The Morgan fingerprint density at radius 1 is 1.25 bits per heavy atom. The number of anilines is 1. The third-order valence-electron chi connectivity index (χ3n) is 3.65. The van der Waals surface area contributed by atoms with Crippen LogP contribution in [0.1, 0.15) is 18.9 Å². The van der Waals surface area contributed by atoms with Gasteiger partial charge in [-0.1, -0.05) is 0 Å². The summed E-state index contributed by atoms with van der Waals surface area (Å²) in [6, 6.07) is 9.56. The Morgan fingerprint density at radius 3 is 2.85 bits per heavy atom. The number of nitrogen functional groups attached to an aromatic ring is 1. The standard InChI is InChI=1S/C15H14N4O/c16-11-6-3-9(8-13(11)20)14-18-12-2-1-7-17-15(12)19(14)10-4-5-10/h1-3,6-8,10,20H,4-5,16H2. The third kappa shape index (κ3) is 1.63. The number of benzene rings is 1. The number of hydrogen-bond acceptors (Lipinski definition) is 4. The summed E-state index contributed by atoms with van der Waals surface area (Å²) in [7, 11) is 0. The van der Waals surface area contributed by atoms with Gasteiger partial charge in [0.05, 0.1) is 5.69 Å². The van der Waals surface area contributed by atoms with E-state index in [1.54, 1.807) is 18.3 Å². The van der Waals surface area contributed by atoms with E-state index in [0.717, 1.165) is 35.4 Å². The minimum absolute atomic E-state index is 0.0878. The fraction of sp³-hybridized carbons (Fsp3) is 0.200. The second-order valence-corrected chi connectivity index (χ2v) is 5.16. The number of nitrogens with zero attached hydrogens (tertiary/aromatic N) is 3. The molecule has 0 amide bonds. The van der Waals surface area contributed by atoms with Gasteiger partial charge in [-0.25, -0.2) is 9.97 Å². The minimum atomic E-state index is 0.0878. The van der Waals surface area contributed by atoms with Crippen LogP contribution in [-0.2, 0) is 0 Å². The minimum Gasteiger partial charge on any atom is -0.506 e. The number of nitrogens with two attached hydrogens (primary N) is 1. The zero-order chi connectivity index (χ0) is 13.7. The second kappa shape index (κ2) is 3.96. The highest BCUT2D eigenvalue weighted by Crippen LogP contribution is 2.41. The van der Waals surface area contributed by atoms with Crippen molar-refractivity contribution in [2.24, 2.45) is 0 Å². The van der Waals surface area contributed by atoms with Gasteiger partial charge in [-0.3, -0.25) is 0 Å². The average Bonchev–Trinajstić information content (AvgIpc) is 3.22. The Hall–Kier alpha value is -2.56. The molecule has 1 saturated carbocycles. The molecule has 2 aromatic heterocycles. The number of phenols is 1. The Labute approximate surface area is 115 Å². The van der Waals surface area contributed by atoms with E-state index in [1.807, 2.05) is 18.2 Å². The fourth-order valence-electron chi connectivity index (χ4n) is 2.49. The lowest BCUT2D eigenvalue weighted by molar-refractivity contribution is 0.478. The summed E-state index contributed by atoms with van der Waals surface area (Å²) in [4.78, 5) is 9.11. The molecule has 2 heterocycles. The average molecular weight is 266 g/mol. The van der Waals surface area contributed by atoms with Crippen LogP contribution in [-0.4, -0.2) is 19.6 Å². The fourth-order valence-corrected chi connectivity index (χ4v) is 2.49. The van der Waals surface area contributed by atoms with Gasteiger partial charge in [0.2, 0.25) is 0 Å². The van der Waals surface area contributed by atoms with E-state index in [1.165, 1.54) is 0 Å². The summed E-state index contributed by atoms with van der Waals surface area (Å²) in [5.41, 5.74) is 8.69. The van der Waals surface area contributed by atoms with Crippen LogP contribution in [0.15, 0.2) is 36.5 Å². The number of pyridine rings is 1. The molecule has 1 aromatic carbocycles. The number of hydrogen-bond donors (Lipinski definition) is 2. The number of fused-ring (bicyclic) bond motifs is 1. The zero-order valence-electron chi connectivity index (χ0n) is 10.8. The highest BCUT2D eigenvalue weighted by atomic mass is 16.3. The van der Waals surface area contributed by atoms with Gasteiger partial charge in [-0.2, -0.15) is 0 Å². The van der Waals surface area contributed by atoms with Crippen LogP contribution in [0.2, 0.25) is 0 Å². The van der Waals surface area contributed by atoms with E-state index < -0.39 is 0 Å². The van der Waals surface area contributed by atoms with Gasteiger partial charge in [0, 0.05) is 17.8 Å². The lowest BCUT2D eigenvalue weighted by Crippen LogP contribution is -1.98. The van der Waals surface area contributed by atoms with Gasteiger partial charge < -0.3 is 15.4 Å². The summed E-state index contributed by atoms with van der Waals surface area (Å²) in [5.74, 6) is 0.932. The summed E-state index contributed by atoms with van der Waals surface area (Å²) in [6.45, 7) is 0. The molecule has 5 heteroatoms. The monoisotopic (exact) mass is 266 g/mol. The number of phenolic OH excluding ortho intramolecular Hbond substituents is 1. The van der Waals surface area contributed by atoms with Gasteiger partial charge in [0.15, 0.2) is 5.65 Å². The summed E-state index contributed by atoms with van der Waals surface area (Å²) >= 11 is 0. The molecule has 3 N–H and O–H groups in total. The van der Waals surface area contributed by atoms with Gasteiger partial charge >= 0.3 is 0 Å². The Balaban J connectivity index is 1.98. The predicted molar refractivity (Wildman–Crippen MR) is 77.3 cm³/mol. The Kier molecular flexibility index (Phi) is 2.24. The molecule has 0 radical (unpaired) electrons. The molecule has 4 rings (SSSR count). The molecule has 1 aliphatic carbocycles. The first-order chi connectivity index (χ1) is 9.74. The van der Waals surface area contributed by atoms with Gasteiger partial charge in [-0.15, -0.1) is 0 Å². The maximum absolute atomic E-state index is 9.80. The first-order valence-electron chi connectivity index (χ1n) is 6.66. The molecular formula is C15H14N4O. The van der Waals surface area contributed by atoms with Gasteiger partial charge in [0.25, 0.3) is 0 Å². The van der Waals surface area contributed by atoms with Crippen molar-refractivity contribution >= 4 is 16.9 Å². The van der Waals surface area contributed by atoms with Crippen LogP contribution >= 0.6 is 0 Å². The normalized spacial score (nSPS) is 14.8. The van der Waals surface area contributed by atoms with Crippen LogP contribution < -0.4 is 5.73 Å². The van der Waals surface area contributed by atoms with E-state index in [-0.39, 0.29) is 5.75 Å². The van der Waals surface area contributed by atoms with Crippen molar-refractivity contribution in [2.75, 3.05) is 5.73 Å². The maximum atomic E-state index is 9.80. The molecule has 100 valence electrons. The smallest absolute Gasteiger partial charge is 0.160 e. The molecule has 0 spiro atoms. The van der Waals surface area contributed by atoms with E-state index in [0.29, 0.717) is 11.7 Å². The molecule has 0 saturated heterocycles.